The van der Waals surface area contributed by atoms with Gasteiger partial charge in [0.15, 0.2) is 0 Å². The van der Waals surface area contributed by atoms with Crippen LogP contribution in [0, 0.1) is 11.8 Å². The molecule has 3 amide bonds. The summed E-state index contributed by atoms with van der Waals surface area (Å²) >= 11 is 1.51. The number of amides is 3. The fraction of sp³-hybridized carbons (Fsp3) is 0.600. The first-order valence-electron chi connectivity index (χ1n) is 16.3. The van der Waals surface area contributed by atoms with E-state index in [9.17, 15) is 14.4 Å². The summed E-state index contributed by atoms with van der Waals surface area (Å²) in [5.74, 6) is -1.04. The van der Waals surface area contributed by atoms with Crippen LogP contribution in [0.3, 0.4) is 0 Å². The monoisotopic (exact) mass is 655 g/mol. The number of rotatable bonds is 16. The molecule has 2 aromatic rings. The molecule has 254 valence electrons. The number of carbonyl (C=O) groups excluding carboxylic acids is 3. The van der Waals surface area contributed by atoms with Gasteiger partial charge in [0.1, 0.15) is 11.1 Å². The van der Waals surface area contributed by atoms with Crippen LogP contribution in [-0.2, 0) is 30.3 Å². The van der Waals surface area contributed by atoms with Gasteiger partial charge in [0.25, 0.3) is 0 Å². The van der Waals surface area contributed by atoms with Crippen LogP contribution < -0.4 is 11.1 Å². The minimum absolute atomic E-state index is 0.0357. The van der Waals surface area contributed by atoms with Gasteiger partial charge in [0.2, 0.25) is 17.7 Å². The number of benzene rings is 1. The third-order valence-corrected chi connectivity index (χ3v) is 10.0. The summed E-state index contributed by atoms with van der Waals surface area (Å²) in [6.45, 7) is 10.2. The van der Waals surface area contributed by atoms with Crippen LogP contribution >= 0.6 is 11.3 Å². The summed E-state index contributed by atoms with van der Waals surface area (Å²) in [6.07, 6.45) is 3.47. The Balaban J connectivity index is 1.77. The van der Waals surface area contributed by atoms with Crippen molar-refractivity contribution in [2.24, 2.45) is 17.6 Å². The molecule has 11 heteroatoms. The highest BCUT2D eigenvalue weighted by Gasteiger charge is 2.41. The average Bonchev–Trinajstić information content (AvgIpc) is 3.77. The lowest BCUT2D eigenvalue weighted by atomic mass is 9.93. The third kappa shape index (κ3) is 9.24. The van der Waals surface area contributed by atoms with E-state index in [-0.39, 0.29) is 42.1 Å². The molecule has 2 heterocycles. The van der Waals surface area contributed by atoms with Crippen LogP contribution in [0.4, 0.5) is 0 Å². The zero-order valence-corrected chi connectivity index (χ0v) is 29.5. The Hall–Kier alpha value is -3.12. The van der Waals surface area contributed by atoms with Crippen molar-refractivity contribution in [1.82, 2.24) is 20.1 Å². The van der Waals surface area contributed by atoms with Crippen molar-refractivity contribution in [3.8, 4) is 0 Å². The minimum atomic E-state index is -0.668. The van der Waals surface area contributed by atoms with Crippen molar-refractivity contribution in [2.45, 2.75) is 97.1 Å². The maximum absolute atomic E-state index is 14.0. The van der Waals surface area contributed by atoms with E-state index < -0.39 is 24.2 Å². The quantitative estimate of drug-likeness (QED) is 0.268. The number of likely N-dealkylation sites (tertiary alicyclic amines) is 1. The number of carbonyl (C=O) groups is 3. The summed E-state index contributed by atoms with van der Waals surface area (Å²) in [6, 6.07) is 8.79. The highest BCUT2D eigenvalue weighted by atomic mass is 32.1. The Labute approximate surface area is 278 Å². The summed E-state index contributed by atoms with van der Waals surface area (Å²) in [4.78, 5) is 48.8. The van der Waals surface area contributed by atoms with Gasteiger partial charge in [-0.15, -0.1) is 11.3 Å². The second kappa shape index (κ2) is 17.7. The van der Waals surface area contributed by atoms with E-state index in [1.807, 2.05) is 75.2 Å². The molecule has 1 aliphatic rings. The van der Waals surface area contributed by atoms with E-state index in [1.54, 1.807) is 32.4 Å². The smallest absolute Gasteiger partial charge is 0.243 e. The number of ether oxygens (including phenoxy) is 2. The van der Waals surface area contributed by atoms with E-state index in [1.165, 1.54) is 11.3 Å². The van der Waals surface area contributed by atoms with Crippen LogP contribution in [0.5, 0.6) is 0 Å². The molecule has 10 nitrogen and oxygen atoms in total. The topological polar surface area (TPSA) is 127 Å². The van der Waals surface area contributed by atoms with Crippen LogP contribution in [-0.4, -0.2) is 84.6 Å². The standard InChI is InChI=1S/C35H53N5O5S/c1-9-23(4)31(39(6)35(43)30(36)22(2)3)28(44-7)21-29(41)40-18-13-16-27(40)32(45-8)24(5)33(42)38-26(34-37-17-19-46-34)20-25-14-11-10-12-15-25/h10-12,14-15,17,19,22,24,26-28,30,32H,9,13,16,18,20-21,36H2,1-8H3,(H,38,42)/b31-23+/t24-,26+,27?,28-,30+,32-/m1/s1. The molecule has 1 aromatic carbocycles. The molecule has 1 fully saturated rings. The van der Waals surface area contributed by atoms with Gasteiger partial charge in [0.05, 0.1) is 36.6 Å². The van der Waals surface area contributed by atoms with E-state index >= 15 is 0 Å². The zero-order chi connectivity index (χ0) is 34.0. The molecule has 0 spiro atoms. The number of nitrogens with two attached hydrogens (primary N) is 1. The highest BCUT2D eigenvalue weighted by molar-refractivity contribution is 7.09. The minimum Gasteiger partial charge on any atom is -0.378 e. The molecule has 0 aliphatic carbocycles. The van der Waals surface area contributed by atoms with E-state index in [2.05, 4.69) is 10.3 Å². The Kier molecular flexibility index (Phi) is 14.4. The fourth-order valence-electron chi connectivity index (χ4n) is 6.20. The summed E-state index contributed by atoms with van der Waals surface area (Å²) in [5, 5.41) is 5.96. The number of aromatic nitrogens is 1. The number of likely N-dealkylation sites (N-methyl/N-ethyl adjacent to an activating group) is 1. The Bertz CT molecular complexity index is 1300. The molecular weight excluding hydrogens is 602 g/mol. The summed E-state index contributed by atoms with van der Waals surface area (Å²) in [5.41, 5.74) is 8.94. The van der Waals surface area contributed by atoms with Crippen molar-refractivity contribution < 1.29 is 23.9 Å². The Morgan fingerprint density at radius 2 is 1.85 bits per heavy atom. The number of nitrogens with zero attached hydrogens (tertiary/aromatic N) is 3. The second-order valence-corrected chi connectivity index (χ2v) is 13.4. The van der Waals surface area contributed by atoms with Gasteiger partial charge in [-0.05, 0) is 44.1 Å². The lowest BCUT2D eigenvalue weighted by Gasteiger charge is -2.36. The number of thiazole rings is 1. The van der Waals surface area contributed by atoms with Crippen molar-refractivity contribution in [3.63, 3.8) is 0 Å². The van der Waals surface area contributed by atoms with Crippen LogP contribution in [0.2, 0.25) is 0 Å². The Morgan fingerprint density at radius 1 is 1.15 bits per heavy atom. The van der Waals surface area contributed by atoms with Gasteiger partial charge < -0.3 is 30.3 Å². The van der Waals surface area contributed by atoms with Crippen molar-refractivity contribution in [3.05, 3.63) is 63.7 Å². The SMILES string of the molecule is CC/C(C)=C(\[C@@H](CC(=O)N1CCCC1[C@H](OC)[C@@H](C)C(=O)N[C@@H](Cc1ccccc1)c1nccs1)OC)N(C)C(=O)[C@@H](N)C(C)C. The summed E-state index contributed by atoms with van der Waals surface area (Å²) in [7, 11) is 4.85. The molecule has 0 radical (unpaired) electrons. The molecule has 1 aromatic heterocycles. The van der Waals surface area contributed by atoms with Gasteiger partial charge in [0, 0.05) is 45.1 Å². The average molecular weight is 656 g/mol. The maximum Gasteiger partial charge on any atom is 0.243 e. The first kappa shape index (κ1) is 37.3. The van der Waals surface area contributed by atoms with Gasteiger partial charge >= 0.3 is 0 Å². The van der Waals surface area contributed by atoms with Gasteiger partial charge in [-0.3, -0.25) is 14.4 Å². The van der Waals surface area contributed by atoms with E-state index in [0.717, 1.165) is 29.0 Å². The van der Waals surface area contributed by atoms with E-state index in [4.69, 9.17) is 15.2 Å². The molecule has 3 N–H and O–H groups in total. The molecule has 46 heavy (non-hydrogen) atoms. The van der Waals surface area contributed by atoms with Crippen molar-refractivity contribution >= 4 is 29.1 Å². The van der Waals surface area contributed by atoms with Gasteiger partial charge in [-0.2, -0.15) is 0 Å². The molecule has 1 aliphatic heterocycles. The van der Waals surface area contributed by atoms with Crippen LogP contribution in [0.1, 0.15) is 76.9 Å². The number of nitrogens with one attached hydrogen (secondary N) is 1. The number of allylic oxidation sites excluding steroid dienone is 1. The first-order chi connectivity index (χ1) is 21.9. The van der Waals surface area contributed by atoms with Crippen LogP contribution in [0.15, 0.2) is 53.2 Å². The predicted molar refractivity (Wildman–Crippen MR) is 182 cm³/mol. The van der Waals surface area contributed by atoms with Crippen LogP contribution in [0.25, 0.3) is 0 Å². The maximum atomic E-state index is 14.0. The normalized spacial score (nSPS) is 18.8. The molecule has 0 saturated carbocycles. The van der Waals surface area contributed by atoms with Crippen molar-refractivity contribution in [1.29, 1.82) is 0 Å². The van der Waals surface area contributed by atoms with Crippen molar-refractivity contribution in [2.75, 3.05) is 27.8 Å². The molecule has 1 unspecified atom stereocenters. The van der Waals surface area contributed by atoms with Gasteiger partial charge in [-0.1, -0.05) is 63.6 Å². The Morgan fingerprint density at radius 3 is 2.41 bits per heavy atom. The lowest BCUT2D eigenvalue weighted by Crippen LogP contribution is -2.51. The first-order valence-corrected chi connectivity index (χ1v) is 17.1. The molecule has 0 bridgehead atoms. The fourth-order valence-corrected chi connectivity index (χ4v) is 6.89. The molecule has 6 atom stereocenters. The molecular formula is C35H53N5O5S. The summed E-state index contributed by atoms with van der Waals surface area (Å²) < 4.78 is 11.8. The zero-order valence-electron chi connectivity index (χ0n) is 28.7. The largest absolute Gasteiger partial charge is 0.378 e. The lowest BCUT2D eigenvalue weighted by molar-refractivity contribution is -0.142. The molecule has 3 rings (SSSR count). The number of hydrogen-bond donors (Lipinski definition) is 2. The number of hydrogen-bond acceptors (Lipinski definition) is 8. The third-order valence-electron chi connectivity index (χ3n) is 9.14. The van der Waals surface area contributed by atoms with E-state index in [0.29, 0.717) is 25.1 Å². The number of methoxy groups -OCH3 is 2. The van der Waals surface area contributed by atoms with Gasteiger partial charge in [-0.25, -0.2) is 4.98 Å². The predicted octanol–water partition coefficient (Wildman–Crippen LogP) is 4.72. The highest BCUT2D eigenvalue weighted by Crippen LogP contribution is 2.30. The molecule has 1 saturated heterocycles. The second-order valence-electron chi connectivity index (χ2n) is 12.5.